The molecule has 0 spiro atoms. The standard InChI is InChI=1S/C71H133NO5/c1-3-5-7-9-11-13-14-15-16-39-42-45-49-53-57-61-65-71(76)77-66-62-58-54-50-46-43-40-37-35-33-31-29-27-25-23-21-19-17-18-20-22-24-26-28-30-32-34-36-38-41-44-48-52-56-60-64-70(75)72-68(67-73)69(74)63-59-55-51-47-12-10-8-6-4-2/h16,19,21,25,27,39,59,63,68-69,73-74H,3-15,17-18,20,22-24,26,28-38,40-58,60-62,64-67H2,1-2H3,(H,72,75)/b21-19-,27-25-,39-16-,63-59+. The van der Waals surface area contributed by atoms with Gasteiger partial charge in [-0.1, -0.05) is 313 Å². The quantitative estimate of drug-likeness (QED) is 0.0320. The van der Waals surface area contributed by atoms with Crippen LogP contribution in [0.4, 0.5) is 0 Å². The molecule has 0 saturated heterocycles. The zero-order valence-corrected chi connectivity index (χ0v) is 51.7. The van der Waals surface area contributed by atoms with Crippen LogP contribution in [0.2, 0.25) is 0 Å². The molecule has 0 rings (SSSR count). The lowest BCUT2D eigenvalue weighted by molar-refractivity contribution is -0.143. The first kappa shape index (κ1) is 74.8. The van der Waals surface area contributed by atoms with E-state index in [0.717, 1.165) is 51.4 Å². The summed E-state index contributed by atoms with van der Waals surface area (Å²) in [5, 5.41) is 23.0. The van der Waals surface area contributed by atoms with Crippen molar-refractivity contribution in [1.29, 1.82) is 0 Å². The number of rotatable bonds is 64. The Morgan fingerprint density at radius 3 is 1.00 bits per heavy atom. The zero-order chi connectivity index (χ0) is 55.7. The summed E-state index contributed by atoms with van der Waals surface area (Å²) in [6, 6.07) is -0.624. The molecule has 77 heavy (non-hydrogen) atoms. The van der Waals surface area contributed by atoms with E-state index in [0.29, 0.717) is 19.4 Å². The van der Waals surface area contributed by atoms with Gasteiger partial charge in [-0.3, -0.25) is 9.59 Å². The van der Waals surface area contributed by atoms with Crippen LogP contribution >= 0.6 is 0 Å². The molecule has 452 valence electrons. The van der Waals surface area contributed by atoms with E-state index in [9.17, 15) is 19.8 Å². The van der Waals surface area contributed by atoms with E-state index < -0.39 is 12.1 Å². The SMILES string of the molecule is CCCCCCCCC/C=C\CCCCCCCC(=O)OCCCCCCCCCCCCC/C=C\C/C=C\CCCCCCCCCCCCCCCCCCCC(=O)NC(CO)C(O)/C=C/CCCCCCCCC. The van der Waals surface area contributed by atoms with Crippen molar-refractivity contribution in [3.8, 4) is 0 Å². The van der Waals surface area contributed by atoms with Crippen molar-refractivity contribution in [3.05, 3.63) is 48.6 Å². The van der Waals surface area contributed by atoms with E-state index in [2.05, 4.69) is 55.6 Å². The normalized spacial score (nSPS) is 12.8. The molecule has 0 aromatic carbocycles. The number of unbranched alkanes of at least 4 members (excludes halogenated alkanes) is 47. The van der Waals surface area contributed by atoms with E-state index in [1.165, 1.54) is 289 Å². The first-order chi connectivity index (χ1) is 38.0. The van der Waals surface area contributed by atoms with E-state index in [4.69, 9.17) is 4.74 Å². The van der Waals surface area contributed by atoms with Crippen molar-refractivity contribution in [2.24, 2.45) is 0 Å². The predicted octanol–water partition coefficient (Wildman–Crippen LogP) is 22.1. The summed E-state index contributed by atoms with van der Waals surface area (Å²) in [5.74, 6) is -0.0586. The Hall–Kier alpha value is -2.18. The largest absolute Gasteiger partial charge is 0.466 e. The fourth-order valence-electron chi connectivity index (χ4n) is 10.5. The average Bonchev–Trinajstić information content (AvgIpc) is 3.43. The lowest BCUT2D eigenvalue weighted by Crippen LogP contribution is -2.45. The molecule has 6 nitrogen and oxygen atoms in total. The van der Waals surface area contributed by atoms with E-state index in [-0.39, 0.29) is 18.5 Å². The van der Waals surface area contributed by atoms with Crippen LogP contribution in [0.5, 0.6) is 0 Å². The average molecular weight is 1080 g/mol. The number of amides is 1. The Kier molecular flexibility index (Phi) is 64.5. The smallest absolute Gasteiger partial charge is 0.305 e. The molecule has 0 radical (unpaired) electrons. The maximum Gasteiger partial charge on any atom is 0.305 e. The van der Waals surface area contributed by atoms with Gasteiger partial charge in [-0.2, -0.15) is 0 Å². The molecule has 0 aliphatic rings. The van der Waals surface area contributed by atoms with Crippen molar-refractivity contribution >= 4 is 11.9 Å². The molecule has 0 aliphatic carbocycles. The maximum atomic E-state index is 12.4. The minimum atomic E-state index is -0.841. The number of allylic oxidation sites excluding steroid dienone is 7. The summed E-state index contributed by atoms with van der Waals surface area (Å²) in [5.41, 5.74) is 0. The van der Waals surface area contributed by atoms with Crippen LogP contribution in [0.3, 0.4) is 0 Å². The Morgan fingerprint density at radius 1 is 0.364 bits per heavy atom. The fraction of sp³-hybridized carbons (Fsp3) is 0.859. The first-order valence-corrected chi connectivity index (χ1v) is 34.4. The summed E-state index contributed by atoms with van der Waals surface area (Å²) < 4.78 is 5.49. The van der Waals surface area contributed by atoms with Crippen LogP contribution in [-0.4, -0.2) is 47.4 Å². The Bertz CT molecular complexity index is 1290. The van der Waals surface area contributed by atoms with Crippen LogP contribution < -0.4 is 5.32 Å². The summed E-state index contributed by atoms with van der Waals surface area (Å²) in [4.78, 5) is 24.5. The van der Waals surface area contributed by atoms with E-state index in [1.807, 2.05) is 6.08 Å². The van der Waals surface area contributed by atoms with Gasteiger partial charge in [-0.05, 0) is 89.9 Å². The monoisotopic (exact) mass is 1080 g/mol. The van der Waals surface area contributed by atoms with Gasteiger partial charge in [0.05, 0.1) is 25.4 Å². The summed E-state index contributed by atoms with van der Waals surface area (Å²) in [6.07, 6.45) is 86.4. The van der Waals surface area contributed by atoms with Crippen LogP contribution in [0.25, 0.3) is 0 Å². The van der Waals surface area contributed by atoms with Gasteiger partial charge in [0.2, 0.25) is 5.91 Å². The lowest BCUT2D eigenvalue weighted by Gasteiger charge is -2.20. The minimum Gasteiger partial charge on any atom is -0.466 e. The third-order valence-electron chi connectivity index (χ3n) is 15.8. The number of aliphatic hydroxyl groups is 2. The molecule has 0 saturated carbocycles. The second-order valence-corrected chi connectivity index (χ2v) is 23.5. The van der Waals surface area contributed by atoms with Crippen molar-refractivity contribution in [2.45, 2.75) is 379 Å². The molecule has 6 heteroatoms. The maximum absolute atomic E-state index is 12.4. The third-order valence-corrected chi connectivity index (χ3v) is 15.8. The van der Waals surface area contributed by atoms with Crippen LogP contribution in [0.15, 0.2) is 48.6 Å². The Labute approximate surface area is 480 Å². The molecule has 0 fully saturated rings. The highest BCUT2D eigenvalue weighted by Crippen LogP contribution is 2.17. The number of hydrogen-bond acceptors (Lipinski definition) is 5. The van der Waals surface area contributed by atoms with Gasteiger partial charge in [0, 0.05) is 12.8 Å². The van der Waals surface area contributed by atoms with Gasteiger partial charge in [0.25, 0.3) is 0 Å². The minimum absolute atomic E-state index is 0.00908. The summed E-state index contributed by atoms with van der Waals surface area (Å²) in [6.45, 7) is 4.88. The van der Waals surface area contributed by atoms with Crippen molar-refractivity contribution in [1.82, 2.24) is 5.32 Å². The topological polar surface area (TPSA) is 95.9 Å². The third kappa shape index (κ3) is 62.9. The number of carbonyl (C=O) groups excluding carboxylic acids is 2. The predicted molar refractivity (Wildman–Crippen MR) is 338 cm³/mol. The van der Waals surface area contributed by atoms with E-state index >= 15 is 0 Å². The molecule has 2 atom stereocenters. The van der Waals surface area contributed by atoms with Crippen LogP contribution in [0, 0.1) is 0 Å². The highest BCUT2D eigenvalue weighted by Gasteiger charge is 2.18. The molecule has 3 N–H and O–H groups in total. The molecular weight excluding hydrogens is 947 g/mol. The fourth-order valence-corrected chi connectivity index (χ4v) is 10.5. The highest BCUT2D eigenvalue weighted by molar-refractivity contribution is 5.76. The number of nitrogens with one attached hydrogen (secondary N) is 1. The number of esters is 1. The van der Waals surface area contributed by atoms with Gasteiger partial charge in [-0.15, -0.1) is 0 Å². The Balaban J connectivity index is 3.35. The molecule has 0 aliphatic heterocycles. The zero-order valence-electron chi connectivity index (χ0n) is 51.7. The van der Waals surface area contributed by atoms with Gasteiger partial charge < -0.3 is 20.3 Å². The van der Waals surface area contributed by atoms with Crippen molar-refractivity contribution < 1.29 is 24.5 Å². The number of ether oxygens (including phenoxy) is 1. The lowest BCUT2D eigenvalue weighted by atomic mass is 10.0. The second-order valence-electron chi connectivity index (χ2n) is 23.5. The molecule has 0 aromatic rings. The van der Waals surface area contributed by atoms with Gasteiger partial charge in [0.1, 0.15) is 0 Å². The van der Waals surface area contributed by atoms with Crippen LogP contribution in [-0.2, 0) is 14.3 Å². The Morgan fingerprint density at radius 2 is 0.649 bits per heavy atom. The molecular formula is C71H133NO5. The van der Waals surface area contributed by atoms with Crippen molar-refractivity contribution in [3.63, 3.8) is 0 Å². The van der Waals surface area contributed by atoms with Gasteiger partial charge in [-0.25, -0.2) is 0 Å². The van der Waals surface area contributed by atoms with Gasteiger partial charge in [0.15, 0.2) is 0 Å². The number of carbonyl (C=O) groups is 2. The molecule has 1 amide bonds. The van der Waals surface area contributed by atoms with E-state index in [1.54, 1.807) is 6.08 Å². The summed E-state index contributed by atoms with van der Waals surface area (Å²) in [7, 11) is 0. The first-order valence-electron chi connectivity index (χ1n) is 34.4. The second kappa shape index (κ2) is 66.3. The van der Waals surface area contributed by atoms with Crippen molar-refractivity contribution in [2.75, 3.05) is 13.2 Å². The van der Waals surface area contributed by atoms with Gasteiger partial charge >= 0.3 is 5.97 Å². The number of hydrogen-bond donors (Lipinski definition) is 3. The molecule has 2 unspecified atom stereocenters. The molecule has 0 bridgehead atoms. The van der Waals surface area contributed by atoms with Crippen LogP contribution in [0.1, 0.15) is 367 Å². The highest BCUT2D eigenvalue weighted by atomic mass is 16.5. The molecule has 0 aromatic heterocycles. The summed E-state index contributed by atoms with van der Waals surface area (Å²) >= 11 is 0. The number of aliphatic hydroxyl groups excluding tert-OH is 2. The molecule has 0 heterocycles.